The number of piperidine rings is 1. The van der Waals surface area contributed by atoms with Crippen molar-refractivity contribution in [3.8, 4) is 0 Å². The molecule has 1 fully saturated rings. The van der Waals surface area contributed by atoms with E-state index in [1.54, 1.807) is 24.0 Å². The van der Waals surface area contributed by atoms with Gasteiger partial charge in [-0.2, -0.15) is 0 Å². The zero-order chi connectivity index (χ0) is 19.9. The lowest BCUT2D eigenvalue weighted by Gasteiger charge is -2.31. The van der Waals surface area contributed by atoms with Crippen molar-refractivity contribution < 1.29 is 18.7 Å². The number of benzene rings is 1. The molecule has 0 saturated carbocycles. The fourth-order valence-electron chi connectivity index (χ4n) is 2.90. The Kier molecular flexibility index (Phi) is 6.36. The van der Waals surface area contributed by atoms with E-state index in [1.165, 1.54) is 24.3 Å². The maximum atomic E-state index is 12.9. The summed E-state index contributed by atoms with van der Waals surface area (Å²) in [7, 11) is 0. The molecular weight excluding hydrogens is 365 g/mol. The molecule has 148 valence electrons. The second-order valence-electron chi connectivity index (χ2n) is 6.37. The van der Waals surface area contributed by atoms with Crippen LogP contribution >= 0.6 is 0 Å². The van der Waals surface area contributed by atoms with Crippen LogP contribution in [-0.4, -0.2) is 52.8 Å². The van der Waals surface area contributed by atoms with Crippen molar-refractivity contribution in [3.63, 3.8) is 0 Å². The number of nitrogens with one attached hydrogen (secondary N) is 2. The van der Waals surface area contributed by atoms with Crippen molar-refractivity contribution >= 4 is 23.6 Å². The fourth-order valence-corrected chi connectivity index (χ4v) is 2.90. The number of rotatable bonds is 5. The maximum absolute atomic E-state index is 12.9. The van der Waals surface area contributed by atoms with Gasteiger partial charge < -0.3 is 20.3 Å². The largest absolute Gasteiger partial charge is 0.450 e. The lowest BCUT2D eigenvalue weighted by molar-refractivity contribution is 0.0981. The van der Waals surface area contributed by atoms with Gasteiger partial charge in [-0.25, -0.2) is 9.18 Å². The molecule has 0 unspecified atom stereocenters. The van der Waals surface area contributed by atoms with E-state index in [1.807, 2.05) is 0 Å². The van der Waals surface area contributed by atoms with E-state index in [4.69, 9.17) is 4.74 Å². The number of aromatic nitrogens is 2. The summed E-state index contributed by atoms with van der Waals surface area (Å²) in [5.41, 5.74) is 0.332. The van der Waals surface area contributed by atoms with Gasteiger partial charge >= 0.3 is 6.09 Å². The third-order valence-corrected chi connectivity index (χ3v) is 4.39. The van der Waals surface area contributed by atoms with Gasteiger partial charge in [0.05, 0.1) is 6.61 Å². The molecule has 0 aliphatic carbocycles. The SMILES string of the molecule is CCOC(=O)N1CCC(Nc2ccc(NC(=O)c3ccc(F)cc3)nn2)CC1. The Balaban J connectivity index is 1.49. The molecule has 1 saturated heterocycles. The number of carbonyl (C=O) groups is 2. The first-order chi connectivity index (χ1) is 13.5. The minimum atomic E-state index is -0.403. The van der Waals surface area contributed by atoms with E-state index in [0.29, 0.717) is 36.9 Å². The maximum Gasteiger partial charge on any atom is 0.409 e. The zero-order valence-electron chi connectivity index (χ0n) is 15.5. The van der Waals surface area contributed by atoms with Crippen LogP contribution in [0.3, 0.4) is 0 Å². The molecular formula is C19H22FN5O3. The van der Waals surface area contributed by atoms with Crippen LogP contribution in [0.1, 0.15) is 30.1 Å². The first-order valence-electron chi connectivity index (χ1n) is 9.14. The number of hydrogen-bond donors (Lipinski definition) is 2. The van der Waals surface area contributed by atoms with E-state index in [2.05, 4.69) is 20.8 Å². The van der Waals surface area contributed by atoms with E-state index >= 15 is 0 Å². The number of ether oxygens (including phenoxy) is 1. The Bertz CT molecular complexity index is 805. The van der Waals surface area contributed by atoms with Crippen LogP contribution in [0.15, 0.2) is 36.4 Å². The van der Waals surface area contributed by atoms with E-state index in [-0.39, 0.29) is 18.0 Å². The Morgan fingerprint density at radius 2 is 1.75 bits per heavy atom. The van der Waals surface area contributed by atoms with E-state index < -0.39 is 5.82 Å². The van der Waals surface area contributed by atoms with Crippen LogP contribution in [0.25, 0.3) is 0 Å². The highest BCUT2D eigenvalue weighted by Crippen LogP contribution is 2.16. The summed E-state index contributed by atoms with van der Waals surface area (Å²) in [5.74, 6) is 0.104. The van der Waals surface area contributed by atoms with Gasteiger partial charge in [-0.05, 0) is 56.2 Å². The van der Waals surface area contributed by atoms with Crippen LogP contribution in [0.2, 0.25) is 0 Å². The summed E-state index contributed by atoms with van der Waals surface area (Å²) < 4.78 is 17.9. The average Bonchev–Trinajstić information content (AvgIpc) is 2.70. The Labute approximate surface area is 162 Å². The molecule has 0 atom stereocenters. The predicted octanol–water partition coefficient (Wildman–Crippen LogP) is 2.90. The number of carbonyl (C=O) groups excluding carboxylic acids is 2. The molecule has 1 aromatic heterocycles. The molecule has 9 heteroatoms. The minimum Gasteiger partial charge on any atom is -0.450 e. The molecule has 0 bridgehead atoms. The van der Waals surface area contributed by atoms with E-state index in [9.17, 15) is 14.0 Å². The standard InChI is InChI=1S/C19H22FN5O3/c1-2-28-19(27)25-11-9-15(10-12-25)21-16-7-8-17(24-23-16)22-18(26)13-3-5-14(20)6-4-13/h3-8,15H,2,9-12H2,1H3,(H,21,23)(H,22,24,26). The van der Waals surface area contributed by atoms with Gasteiger partial charge in [0.2, 0.25) is 0 Å². The lowest BCUT2D eigenvalue weighted by atomic mass is 10.1. The quantitative estimate of drug-likeness (QED) is 0.819. The summed E-state index contributed by atoms with van der Waals surface area (Å²) in [4.78, 5) is 25.5. The second kappa shape index (κ2) is 9.12. The summed E-state index contributed by atoms with van der Waals surface area (Å²) >= 11 is 0. The Morgan fingerprint density at radius 3 is 2.36 bits per heavy atom. The van der Waals surface area contributed by atoms with Crippen LogP contribution < -0.4 is 10.6 Å². The molecule has 1 aromatic carbocycles. The van der Waals surface area contributed by atoms with Crippen molar-refractivity contribution in [3.05, 3.63) is 47.8 Å². The summed E-state index contributed by atoms with van der Waals surface area (Å²) in [5, 5.41) is 14.0. The lowest BCUT2D eigenvalue weighted by Crippen LogP contribution is -2.42. The van der Waals surface area contributed by atoms with Gasteiger partial charge in [-0.15, -0.1) is 10.2 Å². The van der Waals surface area contributed by atoms with Gasteiger partial charge in [0.15, 0.2) is 5.82 Å². The molecule has 2 heterocycles. The summed E-state index contributed by atoms with van der Waals surface area (Å²) in [6, 6.07) is 8.80. The van der Waals surface area contributed by atoms with E-state index in [0.717, 1.165) is 12.8 Å². The Morgan fingerprint density at radius 1 is 1.11 bits per heavy atom. The molecule has 2 aromatic rings. The molecule has 0 spiro atoms. The van der Waals surface area contributed by atoms with Gasteiger partial charge in [-0.3, -0.25) is 4.79 Å². The highest BCUT2D eigenvalue weighted by Gasteiger charge is 2.23. The van der Waals surface area contributed by atoms with Crippen molar-refractivity contribution in [1.82, 2.24) is 15.1 Å². The first-order valence-corrected chi connectivity index (χ1v) is 9.14. The molecule has 2 N–H and O–H groups in total. The Hall–Kier alpha value is -3.23. The first kappa shape index (κ1) is 19.5. The number of halogens is 1. The second-order valence-corrected chi connectivity index (χ2v) is 6.37. The van der Waals surface area contributed by atoms with Crippen LogP contribution in [-0.2, 0) is 4.74 Å². The third-order valence-electron chi connectivity index (χ3n) is 4.39. The number of likely N-dealkylation sites (tertiary alicyclic amines) is 1. The van der Waals surface area contributed by atoms with Crippen molar-refractivity contribution in [1.29, 1.82) is 0 Å². The average molecular weight is 387 g/mol. The fraction of sp³-hybridized carbons (Fsp3) is 0.368. The number of hydrogen-bond acceptors (Lipinski definition) is 6. The van der Waals surface area contributed by atoms with Gasteiger partial charge in [0.1, 0.15) is 11.6 Å². The van der Waals surface area contributed by atoms with Gasteiger partial charge in [-0.1, -0.05) is 0 Å². The molecule has 0 radical (unpaired) electrons. The van der Waals surface area contributed by atoms with Crippen molar-refractivity contribution in [2.24, 2.45) is 0 Å². The third kappa shape index (κ3) is 5.15. The zero-order valence-corrected chi connectivity index (χ0v) is 15.5. The molecule has 8 nitrogen and oxygen atoms in total. The highest BCUT2D eigenvalue weighted by atomic mass is 19.1. The smallest absolute Gasteiger partial charge is 0.409 e. The van der Waals surface area contributed by atoms with Crippen LogP contribution in [0.5, 0.6) is 0 Å². The number of amides is 2. The predicted molar refractivity (Wildman–Crippen MR) is 102 cm³/mol. The molecule has 2 amide bonds. The molecule has 3 rings (SSSR count). The highest BCUT2D eigenvalue weighted by molar-refractivity contribution is 6.03. The van der Waals surface area contributed by atoms with Gasteiger partial charge in [0.25, 0.3) is 5.91 Å². The summed E-state index contributed by atoms with van der Waals surface area (Å²) in [6.45, 7) is 3.40. The summed E-state index contributed by atoms with van der Waals surface area (Å²) in [6.07, 6.45) is 1.29. The van der Waals surface area contributed by atoms with Crippen molar-refractivity contribution in [2.75, 3.05) is 30.3 Å². The molecule has 28 heavy (non-hydrogen) atoms. The normalized spacial score (nSPS) is 14.4. The topological polar surface area (TPSA) is 96.5 Å². The molecule has 1 aliphatic heterocycles. The van der Waals surface area contributed by atoms with Crippen LogP contribution in [0, 0.1) is 5.82 Å². The van der Waals surface area contributed by atoms with Crippen molar-refractivity contribution in [2.45, 2.75) is 25.8 Å². The number of nitrogens with zero attached hydrogens (tertiary/aromatic N) is 3. The van der Waals surface area contributed by atoms with Gasteiger partial charge in [0, 0.05) is 24.7 Å². The monoisotopic (exact) mass is 387 g/mol. The minimum absolute atomic E-state index is 0.180. The molecule has 1 aliphatic rings. The number of anilines is 2. The van der Waals surface area contributed by atoms with Crippen LogP contribution in [0.4, 0.5) is 20.8 Å².